The van der Waals surface area contributed by atoms with Gasteiger partial charge in [0.25, 0.3) is 0 Å². The summed E-state index contributed by atoms with van der Waals surface area (Å²) >= 11 is 0. The number of benzene rings is 1. The van der Waals surface area contributed by atoms with Gasteiger partial charge in [0.1, 0.15) is 11.2 Å². The van der Waals surface area contributed by atoms with Crippen molar-refractivity contribution in [1.29, 1.82) is 0 Å². The highest BCUT2D eigenvalue weighted by molar-refractivity contribution is 5.83. The van der Waals surface area contributed by atoms with Gasteiger partial charge in [0, 0.05) is 12.1 Å². The Morgan fingerprint density at radius 3 is 2.55 bits per heavy atom. The summed E-state index contributed by atoms with van der Waals surface area (Å²) in [5, 5.41) is 9.78. The van der Waals surface area contributed by atoms with Crippen LogP contribution in [-0.2, 0) is 10.2 Å². The molecule has 0 aliphatic heterocycles. The van der Waals surface area contributed by atoms with Crippen molar-refractivity contribution in [2.75, 3.05) is 13.2 Å². The van der Waals surface area contributed by atoms with Crippen molar-refractivity contribution >= 4 is 5.97 Å². The van der Waals surface area contributed by atoms with E-state index >= 15 is 0 Å². The lowest BCUT2D eigenvalue weighted by Gasteiger charge is -2.32. The number of carboxylic acids is 1. The zero-order chi connectivity index (χ0) is 15.2. The zero-order valence-corrected chi connectivity index (χ0v) is 12.6. The monoisotopic (exact) mass is 279 g/mol. The van der Waals surface area contributed by atoms with Gasteiger partial charge in [0.05, 0.1) is 6.61 Å². The third kappa shape index (κ3) is 3.31. The second-order valence-electron chi connectivity index (χ2n) is 5.24. The smallest absolute Gasteiger partial charge is 0.315 e. The first-order valence-electron chi connectivity index (χ1n) is 7.17. The number of nitrogens with two attached hydrogens (primary N) is 1. The molecule has 0 saturated carbocycles. The molecule has 2 unspecified atom stereocenters. The van der Waals surface area contributed by atoms with Crippen LogP contribution >= 0.6 is 0 Å². The first kappa shape index (κ1) is 16.5. The Morgan fingerprint density at radius 1 is 1.40 bits per heavy atom. The third-order valence-electron chi connectivity index (χ3n) is 3.85. The average molecular weight is 279 g/mol. The predicted molar refractivity (Wildman–Crippen MR) is 80.1 cm³/mol. The van der Waals surface area contributed by atoms with Crippen molar-refractivity contribution in [3.63, 3.8) is 0 Å². The quantitative estimate of drug-likeness (QED) is 0.767. The molecule has 3 N–H and O–H groups in total. The maximum absolute atomic E-state index is 11.9. The van der Waals surface area contributed by atoms with Crippen molar-refractivity contribution in [1.82, 2.24) is 0 Å². The molecule has 0 heterocycles. The number of carbonyl (C=O) groups is 1. The third-order valence-corrected chi connectivity index (χ3v) is 3.85. The molecule has 4 heteroatoms. The van der Waals surface area contributed by atoms with E-state index in [0.29, 0.717) is 24.3 Å². The minimum absolute atomic E-state index is 0.0662. The zero-order valence-electron chi connectivity index (χ0n) is 12.6. The van der Waals surface area contributed by atoms with Gasteiger partial charge in [0.2, 0.25) is 0 Å². The molecule has 0 bridgehead atoms. The summed E-state index contributed by atoms with van der Waals surface area (Å²) < 4.78 is 5.59. The van der Waals surface area contributed by atoms with Crippen LogP contribution in [0.4, 0.5) is 0 Å². The van der Waals surface area contributed by atoms with Crippen LogP contribution in [0.2, 0.25) is 0 Å². The van der Waals surface area contributed by atoms with Gasteiger partial charge in [-0.3, -0.25) is 4.79 Å². The lowest BCUT2D eigenvalue weighted by Crippen LogP contribution is -2.44. The van der Waals surface area contributed by atoms with E-state index in [0.717, 1.165) is 6.42 Å². The minimum atomic E-state index is -1.08. The largest absolute Gasteiger partial charge is 0.494 e. The second-order valence-corrected chi connectivity index (χ2v) is 5.24. The van der Waals surface area contributed by atoms with E-state index in [1.165, 1.54) is 0 Å². The highest BCUT2D eigenvalue weighted by Gasteiger charge is 2.42. The number of rotatable bonds is 8. The van der Waals surface area contributed by atoms with Crippen molar-refractivity contribution in [2.45, 2.75) is 39.0 Å². The molecule has 20 heavy (non-hydrogen) atoms. The van der Waals surface area contributed by atoms with E-state index in [9.17, 15) is 9.90 Å². The number of ether oxygens (including phenoxy) is 1. The molecule has 1 rings (SSSR count). The van der Waals surface area contributed by atoms with Crippen LogP contribution in [0.1, 0.15) is 39.2 Å². The molecular weight excluding hydrogens is 254 g/mol. The van der Waals surface area contributed by atoms with Crippen molar-refractivity contribution < 1.29 is 14.6 Å². The average Bonchev–Trinajstić information content (AvgIpc) is 2.45. The normalized spacial score (nSPS) is 15.4. The Kier molecular flexibility index (Phi) is 6.02. The van der Waals surface area contributed by atoms with Gasteiger partial charge in [-0.2, -0.15) is 0 Å². The lowest BCUT2D eigenvalue weighted by atomic mass is 9.73. The van der Waals surface area contributed by atoms with Gasteiger partial charge in [-0.15, -0.1) is 0 Å². The number of hydrogen-bond donors (Lipinski definition) is 2. The molecule has 0 aromatic heterocycles. The molecule has 0 amide bonds. The van der Waals surface area contributed by atoms with Gasteiger partial charge >= 0.3 is 5.97 Å². The first-order valence-corrected chi connectivity index (χ1v) is 7.17. The SMILES string of the molecule is CCOc1ccccc1C(CN)(CC(C)CC)C(=O)O. The summed E-state index contributed by atoms with van der Waals surface area (Å²) in [4.78, 5) is 11.9. The molecule has 2 atom stereocenters. The van der Waals surface area contributed by atoms with Gasteiger partial charge in [0.15, 0.2) is 0 Å². The summed E-state index contributed by atoms with van der Waals surface area (Å²) in [6.07, 6.45) is 1.44. The molecule has 1 aromatic rings. The summed E-state index contributed by atoms with van der Waals surface area (Å²) in [7, 11) is 0. The molecule has 1 aromatic carbocycles. The number of hydrogen-bond acceptors (Lipinski definition) is 3. The maximum Gasteiger partial charge on any atom is 0.315 e. The number of para-hydroxylation sites is 1. The van der Waals surface area contributed by atoms with E-state index in [1.54, 1.807) is 0 Å². The van der Waals surface area contributed by atoms with Crippen LogP contribution in [0.5, 0.6) is 5.75 Å². The number of aliphatic carboxylic acids is 1. The fourth-order valence-electron chi connectivity index (χ4n) is 2.48. The molecule has 0 fully saturated rings. The molecule has 0 aliphatic carbocycles. The molecular formula is C16H25NO3. The second kappa shape index (κ2) is 7.29. The summed E-state index contributed by atoms with van der Waals surface area (Å²) in [5.41, 5.74) is 5.47. The van der Waals surface area contributed by atoms with Crippen LogP contribution < -0.4 is 10.5 Å². The Bertz CT molecular complexity index is 447. The van der Waals surface area contributed by atoms with E-state index in [-0.39, 0.29) is 12.5 Å². The van der Waals surface area contributed by atoms with Crippen LogP contribution in [0.3, 0.4) is 0 Å². The summed E-state index contributed by atoms with van der Waals surface area (Å²) in [5.74, 6) is 0.0166. The van der Waals surface area contributed by atoms with Gasteiger partial charge < -0.3 is 15.6 Å². The van der Waals surface area contributed by atoms with Crippen molar-refractivity contribution in [3.05, 3.63) is 29.8 Å². The van der Waals surface area contributed by atoms with Crippen LogP contribution in [0.25, 0.3) is 0 Å². The van der Waals surface area contributed by atoms with Gasteiger partial charge in [-0.25, -0.2) is 0 Å². The Labute approximate surface area is 120 Å². The molecule has 0 radical (unpaired) electrons. The maximum atomic E-state index is 11.9. The summed E-state index contributed by atoms with van der Waals surface area (Å²) in [6, 6.07) is 7.31. The van der Waals surface area contributed by atoms with E-state index < -0.39 is 11.4 Å². The standard InChI is InChI=1S/C16H25NO3/c1-4-12(3)10-16(11-17,15(18)19)13-8-6-7-9-14(13)20-5-2/h6-9,12H,4-5,10-11,17H2,1-3H3,(H,18,19). The Hall–Kier alpha value is -1.55. The van der Waals surface area contributed by atoms with Gasteiger partial charge in [-0.05, 0) is 25.3 Å². The van der Waals surface area contributed by atoms with Crippen LogP contribution in [-0.4, -0.2) is 24.2 Å². The van der Waals surface area contributed by atoms with Crippen molar-refractivity contribution in [3.8, 4) is 5.75 Å². The fraction of sp³-hybridized carbons (Fsp3) is 0.562. The Morgan fingerprint density at radius 2 is 2.05 bits per heavy atom. The van der Waals surface area contributed by atoms with Crippen LogP contribution in [0.15, 0.2) is 24.3 Å². The first-order chi connectivity index (χ1) is 9.51. The topological polar surface area (TPSA) is 72.5 Å². The summed E-state index contributed by atoms with van der Waals surface area (Å²) in [6.45, 7) is 6.56. The molecule has 4 nitrogen and oxygen atoms in total. The van der Waals surface area contributed by atoms with Crippen molar-refractivity contribution in [2.24, 2.45) is 11.7 Å². The van der Waals surface area contributed by atoms with E-state index in [2.05, 4.69) is 13.8 Å². The highest BCUT2D eigenvalue weighted by Crippen LogP contribution is 2.37. The van der Waals surface area contributed by atoms with Gasteiger partial charge in [-0.1, -0.05) is 38.5 Å². The lowest BCUT2D eigenvalue weighted by molar-refractivity contribution is -0.144. The van der Waals surface area contributed by atoms with E-state index in [4.69, 9.17) is 10.5 Å². The molecule has 112 valence electrons. The van der Waals surface area contributed by atoms with Crippen LogP contribution in [0, 0.1) is 5.92 Å². The molecule has 0 saturated heterocycles. The van der Waals surface area contributed by atoms with E-state index in [1.807, 2.05) is 31.2 Å². The predicted octanol–water partition coefficient (Wildman–Crippen LogP) is 2.80. The molecule has 0 spiro atoms. The minimum Gasteiger partial charge on any atom is -0.494 e. The Balaban J connectivity index is 3.33. The fourth-order valence-corrected chi connectivity index (χ4v) is 2.48. The molecule has 0 aliphatic rings. The highest BCUT2D eigenvalue weighted by atomic mass is 16.5. The number of carboxylic acid groups (broad SMARTS) is 1.